The molecule has 0 aromatic carbocycles. The van der Waals surface area contributed by atoms with Crippen molar-refractivity contribution in [3.63, 3.8) is 0 Å². The quantitative estimate of drug-likeness (QED) is 0.546. The molecule has 2 atom stereocenters. The van der Waals surface area contributed by atoms with Gasteiger partial charge in [0.25, 0.3) is 0 Å². The lowest BCUT2D eigenvalue weighted by Gasteiger charge is -2.36. The molecule has 0 aromatic heterocycles. The normalized spacial score (nSPS) is 28.7. The molecule has 17 heavy (non-hydrogen) atoms. The molecule has 0 aliphatic carbocycles. The van der Waals surface area contributed by atoms with E-state index in [0.717, 1.165) is 19.3 Å². The van der Waals surface area contributed by atoms with Crippen LogP contribution in [0.15, 0.2) is 11.6 Å². The van der Waals surface area contributed by atoms with Crippen LogP contribution >= 0.6 is 0 Å². The Hall–Kier alpha value is -0.830. The van der Waals surface area contributed by atoms with Gasteiger partial charge in [0.1, 0.15) is 0 Å². The first-order valence-electron chi connectivity index (χ1n) is 6.51. The van der Waals surface area contributed by atoms with Gasteiger partial charge in [0, 0.05) is 0 Å². The zero-order chi connectivity index (χ0) is 12.9. The molecular formula is C14H24O3. The first-order chi connectivity index (χ1) is 7.99. The monoisotopic (exact) mass is 240 g/mol. The van der Waals surface area contributed by atoms with Crippen LogP contribution < -0.4 is 0 Å². The summed E-state index contributed by atoms with van der Waals surface area (Å²) in [6, 6.07) is 0. The number of hydrogen-bond donors (Lipinski definition) is 0. The minimum Gasteiger partial charge on any atom is -0.466 e. The lowest BCUT2D eigenvalue weighted by atomic mass is 9.91. The zero-order valence-electron chi connectivity index (χ0n) is 11.4. The fraction of sp³-hybridized carbons (Fsp3) is 0.786. The first kappa shape index (κ1) is 14.2. The van der Waals surface area contributed by atoms with Gasteiger partial charge < -0.3 is 9.47 Å². The highest BCUT2D eigenvalue weighted by Crippen LogP contribution is 2.31. The topological polar surface area (TPSA) is 35.5 Å². The smallest absolute Gasteiger partial charge is 0.309 e. The largest absolute Gasteiger partial charge is 0.466 e. The van der Waals surface area contributed by atoms with Crippen molar-refractivity contribution in [3.05, 3.63) is 11.6 Å². The van der Waals surface area contributed by atoms with E-state index < -0.39 is 5.60 Å². The summed E-state index contributed by atoms with van der Waals surface area (Å²) in [6.45, 7) is 8.47. The van der Waals surface area contributed by atoms with Gasteiger partial charge in [-0.05, 0) is 33.6 Å². The average Bonchev–Trinajstić information content (AvgIpc) is 2.15. The number of hydrogen-bond acceptors (Lipinski definition) is 3. The van der Waals surface area contributed by atoms with Gasteiger partial charge in [-0.25, -0.2) is 0 Å². The standard InChI is InChI=1S/C14H24O3/c1-5-7-12-8-11(3)9-14(4,17-12)10-13(15)16-6-2/h9,12H,5-8,10H2,1-4H3/t12-,14-/m0/s1. The third-order valence-corrected chi connectivity index (χ3v) is 2.95. The second kappa shape index (κ2) is 6.20. The van der Waals surface area contributed by atoms with E-state index in [2.05, 4.69) is 19.9 Å². The molecule has 0 bridgehead atoms. The number of carbonyl (C=O) groups excluding carboxylic acids is 1. The van der Waals surface area contributed by atoms with Crippen LogP contribution in [0.4, 0.5) is 0 Å². The molecular weight excluding hydrogens is 216 g/mol. The zero-order valence-corrected chi connectivity index (χ0v) is 11.4. The Morgan fingerprint density at radius 2 is 2.29 bits per heavy atom. The van der Waals surface area contributed by atoms with E-state index in [1.54, 1.807) is 0 Å². The van der Waals surface area contributed by atoms with Crippen molar-refractivity contribution in [2.45, 2.75) is 65.1 Å². The van der Waals surface area contributed by atoms with Gasteiger partial charge in [-0.2, -0.15) is 0 Å². The van der Waals surface area contributed by atoms with Gasteiger partial charge in [0.2, 0.25) is 0 Å². The van der Waals surface area contributed by atoms with Gasteiger partial charge in [-0.1, -0.05) is 25.0 Å². The molecule has 1 rings (SSSR count). The fourth-order valence-electron chi connectivity index (χ4n) is 2.47. The van der Waals surface area contributed by atoms with Gasteiger partial charge in [0.05, 0.1) is 24.7 Å². The van der Waals surface area contributed by atoms with Crippen LogP contribution in [0.5, 0.6) is 0 Å². The Balaban J connectivity index is 2.66. The third kappa shape index (κ3) is 4.50. The molecule has 1 aliphatic rings. The van der Waals surface area contributed by atoms with E-state index in [4.69, 9.17) is 9.47 Å². The number of rotatable bonds is 5. The molecule has 0 spiro atoms. The number of esters is 1. The number of ether oxygens (including phenoxy) is 2. The van der Waals surface area contributed by atoms with Crippen LogP contribution in [0, 0.1) is 0 Å². The highest BCUT2D eigenvalue weighted by atomic mass is 16.5. The molecule has 1 aliphatic heterocycles. The number of carbonyl (C=O) groups is 1. The maximum atomic E-state index is 11.6. The Bertz CT molecular complexity index is 296. The van der Waals surface area contributed by atoms with Crippen LogP contribution in [-0.4, -0.2) is 24.3 Å². The molecule has 0 amide bonds. The van der Waals surface area contributed by atoms with E-state index in [-0.39, 0.29) is 12.1 Å². The second-order valence-corrected chi connectivity index (χ2v) is 5.02. The Kier molecular flexibility index (Phi) is 5.19. The van der Waals surface area contributed by atoms with Crippen LogP contribution in [0.25, 0.3) is 0 Å². The molecule has 0 unspecified atom stereocenters. The van der Waals surface area contributed by atoms with Crippen molar-refractivity contribution in [1.82, 2.24) is 0 Å². The third-order valence-electron chi connectivity index (χ3n) is 2.95. The van der Waals surface area contributed by atoms with Crippen molar-refractivity contribution in [2.75, 3.05) is 6.61 Å². The lowest BCUT2D eigenvalue weighted by molar-refractivity contribution is -0.151. The summed E-state index contributed by atoms with van der Waals surface area (Å²) < 4.78 is 11.0. The molecule has 0 aromatic rings. The summed E-state index contributed by atoms with van der Waals surface area (Å²) >= 11 is 0. The van der Waals surface area contributed by atoms with E-state index in [1.807, 2.05) is 13.8 Å². The van der Waals surface area contributed by atoms with Crippen molar-refractivity contribution < 1.29 is 14.3 Å². The predicted molar refractivity (Wildman–Crippen MR) is 67.8 cm³/mol. The van der Waals surface area contributed by atoms with Crippen molar-refractivity contribution in [1.29, 1.82) is 0 Å². The summed E-state index contributed by atoms with van der Waals surface area (Å²) in [4.78, 5) is 11.6. The van der Waals surface area contributed by atoms with Crippen LogP contribution in [0.1, 0.15) is 53.4 Å². The lowest BCUT2D eigenvalue weighted by Crippen LogP contribution is -2.38. The van der Waals surface area contributed by atoms with Crippen LogP contribution in [-0.2, 0) is 14.3 Å². The Morgan fingerprint density at radius 3 is 2.88 bits per heavy atom. The van der Waals surface area contributed by atoms with Crippen molar-refractivity contribution >= 4 is 5.97 Å². The van der Waals surface area contributed by atoms with Crippen molar-refractivity contribution in [2.24, 2.45) is 0 Å². The molecule has 0 saturated heterocycles. The van der Waals surface area contributed by atoms with Gasteiger partial charge in [-0.3, -0.25) is 4.79 Å². The first-order valence-corrected chi connectivity index (χ1v) is 6.51. The predicted octanol–water partition coefficient (Wildman–Crippen LogP) is 3.23. The average molecular weight is 240 g/mol. The minimum absolute atomic E-state index is 0.184. The molecule has 0 N–H and O–H groups in total. The van der Waals surface area contributed by atoms with Gasteiger partial charge >= 0.3 is 5.97 Å². The maximum Gasteiger partial charge on any atom is 0.309 e. The van der Waals surface area contributed by atoms with Crippen molar-refractivity contribution in [3.8, 4) is 0 Å². The summed E-state index contributed by atoms with van der Waals surface area (Å²) in [5.41, 5.74) is 0.815. The molecule has 1 heterocycles. The van der Waals surface area contributed by atoms with E-state index >= 15 is 0 Å². The fourth-order valence-corrected chi connectivity index (χ4v) is 2.47. The molecule has 3 nitrogen and oxygen atoms in total. The molecule has 0 saturated carbocycles. The molecule has 0 fully saturated rings. The highest BCUT2D eigenvalue weighted by Gasteiger charge is 2.33. The molecule has 3 heteroatoms. The summed E-state index contributed by atoms with van der Waals surface area (Å²) in [5, 5.41) is 0. The Morgan fingerprint density at radius 1 is 1.59 bits per heavy atom. The maximum absolute atomic E-state index is 11.6. The second-order valence-electron chi connectivity index (χ2n) is 5.02. The summed E-state index contributed by atoms with van der Waals surface area (Å²) in [6.07, 6.45) is 5.74. The Labute approximate surface area is 104 Å². The van der Waals surface area contributed by atoms with E-state index in [1.165, 1.54) is 5.57 Å². The molecule has 98 valence electrons. The van der Waals surface area contributed by atoms with Gasteiger partial charge in [-0.15, -0.1) is 0 Å². The van der Waals surface area contributed by atoms with E-state index in [9.17, 15) is 4.79 Å². The van der Waals surface area contributed by atoms with E-state index in [0.29, 0.717) is 13.0 Å². The van der Waals surface area contributed by atoms with Crippen LogP contribution in [0.3, 0.4) is 0 Å². The summed E-state index contributed by atoms with van der Waals surface area (Å²) in [7, 11) is 0. The van der Waals surface area contributed by atoms with Crippen LogP contribution in [0.2, 0.25) is 0 Å². The molecule has 0 radical (unpaired) electrons. The SMILES string of the molecule is CCC[C@H]1CC(C)=C[C@@](C)(CC(=O)OCC)O1. The minimum atomic E-state index is -0.492. The highest BCUT2D eigenvalue weighted by molar-refractivity contribution is 5.71. The summed E-state index contributed by atoms with van der Waals surface area (Å²) in [5.74, 6) is -0.184. The van der Waals surface area contributed by atoms with Gasteiger partial charge in [0.15, 0.2) is 0 Å².